The highest BCUT2D eigenvalue weighted by molar-refractivity contribution is 5.47. The maximum absolute atomic E-state index is 5.02. The lowest BCUT2D eigenvalue weighted by Crippen LogP contribution is -2.32. The van der Waals surface area contributed by atoms with Crippen LogP contribution in [-0.2, 0) is 11.3 Å². The van der Waals surface area contributed by atoms with Crippen LogP contribution in [0.5, 0.6) is 0 Å². The lowest BCUT2D eigenvalue weighted by Gasteiger charge is -2.27. The molecular weight excluding hydrogens is 250 g/mol. The Morgan fingerprint density at radius 3 is 2.85 bits per heavy atom. The molecule has 1 atom stereocenters. The van der Waals surface area contributed by atoms with Crippen molar-refractivity contribution in [3.63, 3.8) is 0 Å². The maximum Gasteiger partial charge on any atom is 0.131 e. The van der Waals surface area contributed by atoms with Crippen LogP contribution in [0.15, 0.2) is 12.3 Å². The molecule has 4 heteroatoms. The van der Waals surface area contributed by atoms with Crippen LogP contribution in [0, 0.1) is 12.8 Å². The third-order valence-electron chi connectivity index (χ3n) is 4.17. The molecule has 0 spiro atoms. The van der Waals surface area contributed by atoms with Crippen LogP contribution >= 0.6 is 0 Å². The van der Waals surface area contributed by atoms with Gasteiger partial charge < -0.3 is 15.0 Å². The molecule has 112 valence electrons. The van der Waals surface area contributed by atoms with E-state index in [2.05, 4.69) is 42.2 Å². The Bertz CT molecular complexity index is 432. The molecule has 20 heavy (non-hydrogen) atoms. The number of anilines is 1. The van der Waals surface area contributed by atoms with Crippen molar-refractivity contribution >= 4 is 5.82 Å². The number of aryl methyl sites for hydroxylation is 1. The summed E-state index contributed by atoms with van der Waals surface area (Å²) >= 11 is 0. The molecule has 0 aromatic carbocycles. The molecule has 4 nitrogen and oxygen atoms in total. The van der Waals surface area contributed by atoms with Crippen LogP contribution in [0.1, 0.15) is 30.9 Å². The summed E-state index contributed by atoms with van der Waals surface area (Å²) in [7, 11) is 3.88. The first-order valence-electron chi connectivity index (χ1n) is 7.51. The first-order chi connectivity index (χ1) is 9.63. The molecule has 1 aromatic rings. The zero-order valence-electron chi connectivity index (χ0n) is 13.1. The van der Waals surface area contributed by atoms with E-state index in [0.29, 0.717) is 6.04 Å². The smallest absolute Gasteiger partial charge is 0.131 e. The van der Waals surface area contributed by atoms with Crippen molar-refractivity contribution in [3.8, 4) is 0 Å². The van der Waals surface area contributed by atoms with Crippen molar-refractivity contribution in [2.45, 2.75) is 39.3 Å². The Morgan fingerprint density at radius 1 is 1.50 bits per heavy atom. The maximum atomic E-state index is 5.02. The average Bonchev–Trinajstić information content (AvgIpc) is 3.27. The summed E-state index contributed by atoms with van der Waals surface area (Å²) in [5.41, 5.74) is 2.49. The monoisotopic (exact) mass is 277 g/mol. The highest BCUT2D eigenvalue weighted by atomic mass is 16.5. The Balaban J connectivity index is 1.94. The molecule has 0 radical (unpaired) electrons. The van der Waals surface area contributed by atoms with Crippen LogP contribution < -0.4 is 10.2 Å². The molecule has 1 fully saturated rings. The number of ether oxygens (including phenoxy) is 1. The molecular formula is C16H27N3O. The van der Waals surface area contributed by atoms with Gasteiger partial charge in [0.1, 0.15) is 5.82 Å². The Kier molecular flexibility index (Phi) is 5.38. The minimum atomic E-state index is 0.590. The van der Waals surface area contributed by atoms with E-state index in [0.717, 1.165) is 31.4 Å². The third kappa shape index (κ3) is 3.93. The van der Waals surface area contributed by atoms with Crippen LogP contribution in [0.4, 0.5) is 5.82 Å². The van der Waals surface area contributed by atoms with E-state index < -0.39 is 0 Å². The van der Waals surface area contributed by atoms with Crippen LogP contribution in [0.2, 0.25) is 0 Å². The van der Waals surface area contributed by atoms with Gasteiger partial charge in [0.2, 0.25) is 0 Å². The summed E-state index contributed by atoms with van der Waals surface area (Å²) < 4.78 is 5.02. The summed E-state index contributed by atoms with van der Waals surface area (Å²) in [6.07, 6.45) is 4.72. The largest absolute Gasteiger partial charge is 0.383 e. The quantitative estimate of drug-likeness (QED) is 0.740. The molecule has 1 N–H and O–H groups in total. The number of nitrogens with zero attached hydrogens (tertiary/aromatic N) is 2. The van der Waals surface area contributed by atoms with Gasteiger partial charge in [-0.3, -0.25) is 0 Å². The summed E-state index contributed by atoms with van der Waals surface area (Å²) in [6, 6.07) is 2.82. The second kappa shape index (κ2) is 7.04. The zero-order chi connectivity index (χ0) is 14.5. The van der Waals surface area contributed by atoms with Crippen molar-refractivity contribution in [2.24, 2.45) is 5.92 Å². The van der Waals surface area contributed by atoms with Gasteiger partial charge in [-0.2, -0.15) is 0 Å². The molecule has 1 unspecified atom stereocenters. The average molecular weight is 277 g/mol. The predicted molar refractivity (Wildman–Crippen MR) is 83.1 cm³/mol. The fourth-order valence-corrected chi connectivity index (χ4v) is 2.59. The van der Waals surface area contributed by atoms with Gasteiger partial charge in [0, 0.05) is 39.5 Å². The second-order valence-corrected chi connectivity index (χ2v) is 5.84. The number of methoxy groups -OCH3 is 1. The number of aromatic nitrogens is 1. The van der Waals surface area contributed by atoms with Crippen LogP contribution in [-0.4, -0.2) is 38.3 Å². The summed E-state index contributed by atoms with van der Waals surface area (Å²) in [5.74, 6) is 1.97. The van der Waals surface area contributed by atoms with Crippen molar-refractivity contribution in [3.05, 3.63) is 23.4 Å². The Morgan fingerprint density at radius 2 is 2.25 bits per heavy atom. The van der Waals surface area contributed by atoms with Crippen molar-refractivity contribution in [1.29, 1.82) is 0 Å². The van der Waals surface area contributed by atoms with Crippen molar-refractivity contribution in [1.82, 2.24) is 10.3 Å². The molecule has 1 saturated carbocycles. The number of hydrogen-bond acceptors (Lipinski definition) is 4. The predicted octanol–water partition coefficient (Wildman–Crippen LogP) is 2.36. The van der Waals surface area contributed by atoms with Gasteiger partial charge in [-0.05, 0) is 49.8 Å². The van der Waals surface area contributed by atoms with E-state index in [1.54, 1.807) is 7.11 Å². The van der Waals surface area contributed by atoms with E-state index in [9.17, 15) is 0 Å². The first kappa shape index (κ1) is 15.3. The minimum absolute atomic E-state index is 0.590. The molecule has 0 amide bonds. The molecule has 0 bridgehead atoms. The summed E-state index contributed by atoms with van der Waals surface area (Å²) in [5, 5.41) is 3.35. The minimum Gasteiger partial charge on any atom is -0.383 e. The van der Waals surface area contributed by atoms with E-state index >= 15 is 0 Å². The Hall–Kier alpha value is -1.13. The normalized spacial score (nSPS) is 16.2. The fourth-order valence-electron chi connectivity index (χ4n) is 2.59. The molecule has 2 rings (SSSR count). The summed E-state index contributed by atoms with van der Waals surface area (Å²) in [6.45, 7) is 6.91. The molecule has 1 heterocycles. The van der Waals surface area contributed by atoms with Gasteiger partial charge in [0.05, 0.1) is 6.61 Å². The summed E-state index contributed by atoms with van der Waals surface area (Å²) in [4.78, 5) is 6.99. The van der Waals surface area contributed by atoms with Crippen LogP contribution in [0.25, 0.3) is 0 Å². The van der Waals surface area contributed by atoms with Crippen molar-refractivity contribution < 1.29 is 4.74 Å². The second-order valence-electron chi connectivity index (χ2n) is 5.84. The van der Waals surface area contributed by atoms with Gasteiger partial charge in [0.15, 0.2) is 0 Å². The van der Waals surface area contributed by atoms with Gasteiger partial charge in [-0.15, -0.1) is 0 Å². The topological polar surface area (TPSA) is 37.4 Å². The van der Waals surface area contributed by atoms with Crippen molar-refractivity contribution in [2.75, 3.05) is 32.2 Å². The van der Waals surface area contributed by atoms with Gasteiger partial charge >= 0.3 is 0 Å². The third-order valence-corrected chi connectivity index (χ3v) is 4.17. The molecule has 1 aliphatic rings. The molecule has 0 aliphatic heterocycles. The van der Waals surface area contributed by atoms with E-state index in [-0.39, 0.29) is 0 Å². The van der Waals surface area contributed by atoms with Gasteiger partial charge in [0.25, 0.3) is 0 Å². The van der Waals surface area contributed by atoms with E-state index in [1.807, 2.05) is 6.20 Å². The fraction of sp³-hybridized carbons (Fsp3) is 0.688. The number of hydrogen-bond donors (Lipinski definition) is 1. The SMILES string of the molecule is COCCNCc1cnc(N(C)C(C)C2CC2)c(C)c1. The molecule has 1 aromatic heterocycles. The standard InChI is InChI=1S/C16H27N3O/c1-12-9-14(10-17-7-8-20-4)11-18-16(12)19(3)13(2)15-5-6-15/h9,11,13,15,17H,5-8,10H2,1-4H3. The van der Waals surface area contributed by atoms with Gasteiger partial charge in [-0.1, -0.05) is 0 Å². The molecule has 1 aliphatic carbocycles. The number of rotatable bonds is 8. The first-order valence-corrected chi connectivity index (χ1v) is 7.51. The number of pyridine rings is 1. The Labute approximate surface area is 122 Å². The van der Waals surface area contributed by atoms with Gasteiger partial charge in [-0.25, -0.2) is 4.98 Å². The van der Waals surface area contributed by atoms with E-state index in [1.165, 1.54) is 24.0 Å². The number of nitrogens with one attached hydrogen (secondary N) is 1. The lowest BCUT2D eigenvalue weighted by molar-refractivity contribution is 0.199. The highest BCUT2D eigenvalue weighted by Crippen LogP contribution is 2.36. The highest BCUT2D eigenvalue weighted by Gasteiger charge is 2.31. The lowest BCUT2D eigenvalue weighted by atomic mass is 10.1. The van der Waals surface area contributed by atoms with Crippen LogP contribution in [0.3, 0.4) is 0 Å². The molecule has 0 saturated heterocycles. The zero-order valence-corrected chi connectivity index (χ0v) is 13.1. The van der Waals surface area contributed by atoms with E-state index in [4.69, 9.17) is 4.74 Å².